The van der Waals surface area contributed by atoms with Gasteiger partial charge >= 0.3 is 6.03 Å². The fourth-order valence-corrected chi connectivity index (χ4v) is 1.78. The SMILES string of the molecule is NC1C(O)COC1CNC(=O)Nc1ccccc1. The molecule has 0 saturated carbocycles. The van der Waals surface area contributed by atoms with Gasteiger partial charge in [-0.15, -0.1) is 0 Å². The van der Waals surface area contributed by atoms with E-state index in [-0.39, 0.29) is 25.3 Å². The number of hydrogen-bond acceptors (Lipinski definition) is 4. The third-order valence-electron chi connectivity index (χ3n) is 2.85. The van der Waals surface area contributed by atoms with Gasteiger partial charge in [0.1, 0.15) is 0 Å². The summed E-state index contributed by atoms with van der Waals surface area (Å²) in [7, 11) is 0. The van der Waals surface area contributed by atoms with E-state index in [1.54, 1.807) is 12.1 Å². The van der Waals surface area contributed by atoms with Crippen LogP contribution in [0.1, 0.15) is 0 Å². The van der Waals surface area contributed by atoms with Gasteiger partial charge in [-0.05, 0) is 12.1 Å². The fourth-order valence-electron chi connectivity index (χ4n) is 1.78. The molecule has 1 heterocycles. The van der Waals surface area contributed by atoms with Crippen molar-refractivity contribution >= 4 is 11.7 Å². The average Bonchev–Trinajstić information content (AvgIpc) is 2.69. The highest BCUT2D eigenvalue weighted by Crippen LogP contribution is 2.11. The first kappa shape index (κ1) is 12.8. The number of aliphatic hydroxyl groups is 1. The topological polar surface area (TPSA) is 96.6 Å². The predicted octanol–water partition coefficient (Wildman–Crippen LogP) is -0.105. The molecule has 0 aliphatic carbocycles. The van der Waals surface area contributed by atoms with Crippen LogP contribution in [0.3, 0.4) is 0 Å². The molecule has 1 aromatic carbocycles. The van der Waals surface area contributed by atoms with Crippen LogP contribution < -0.4 is 16.4 Å². The minimum Gasteiger partial charge on any atom is -0.389 e. The third kappa shape index (κ3) is 3.19. The summed E-state index contributed by atoms with van der Waals surface area (Å²) >= 11 is 0. The highest BCUT2D eigenvalue weighted by molar-refractivity contribution is 5.89. The van der Waals surface area contributed by atoms with Crippen LogP contribution >= 0.6 is 0 Å². The maximum Gasteiger partial charge on any atom is 0.319 e. The Bertz CT molecular complexity index is 399. The van der Waals surface area contributed by atoms with Gasteiger partial charge in [0.15, 0.2) is 0 Å². The normalized spacial score (nSPS) is 26.9. The van der Waals surface area contributed by atoms with Crippen LogP contribution in [0.5, 0.6) is 0 Å². The second kappa shape index (κ2) is 5.81. The van der Waals surface area contributed by atoms with E-state index in [0.717, 1.165) is 0 Å². The first-order valence-corrected chi connectivity index (χ1v) is 5.82. The largest absolute Gasteiger partial charge is 0.389 e. The van der Waals surface area contributed by atoms with E-state index >= 15 is 0 Å². The van der Waals surface area contributed by atoms with Gasteiger partial charge < -0.3 is 26.2 Å². The van der Waals surface area contributed by atoms with E-state index in [0.29, 0.717) is 5.69 Å². The Morgan fingerprint density at radius 1 is 1.44 bits per heavy atom. The molecule has 1 aliphatic heterocycles. The fraction of sp³-hybridized carbons (Fsp3) is 0.417. The number of amides is 2. The second-order valence-electron chi connectivity index (χ2n) is 4.22. The quantitative estimate of drug-likeness (QED) is 0.603. The molecule has 98 valence electrons. The summed E-state index contributed by atoms with van der Waals surface area (Å²) in [5.41, 5.74) is 6.43. The summed E-state index contributed by atoms with van der Waals surface area (Å²) in [6.45, 7) is 0.491. The highest BCUT2D eigenvalue weighted by atomic mass is 16.5. The molecular weight excluding hydrogens is 234 g/mol. The number of carbonyl (C=O) groups excluding carboxylic acids is 1. The van der Waals surface area contributed by atoms with Crippen molar-refractivity contribution in [2.45, 2.75) is 18.2 Å². The molecule has 1 saturated heterocycles. The van der Waals surface area contributed by atoms with Crippen molar-refractivity contribution in [1.82, 2.24) is 5.32 Å². The third-order valence-corrected chi connectivity index (χ3v) is 2.85. The van der Waals surface area contributed by atoms with E-state index in [1.165, 1.54) is 0 Å². The maximum atomic E-state index is 11.6. The molecule has 3 atom stereocenters. The molecule has 0 bridgehead atoms. The number of para-hydroxylation sites is 1. The molecule has 6 heteroatoms. The number of nitrogens with one attached hydrogen (secondary N) is 2. The molecule has 1 aliphatic rings. The Morgan fingerprint density at radius 2 is 2.17 bits per heavy atom. The first-order chi connectivity index (χ1) is 8.66. The van der Waals surface area contributed by atoms with Crippen LogP contribution in [-0.4, -0.2) is 42.5 Å². The Balaban J connectivity index is 1.76. The lowest BCUT2D eigenvalue weighted by atomic mass is 10.1. The summed E-state index contributed by atoms with van der Waals surface area (Å²) in [5.74, 6) is 0. The number of aliphatic hydroxyl groups excluding tert-OH is 1. The zero-order valence-electron chi connectivity index (χ0n) is 9.87. The van der Waals surface area contributed by atoms with Crippen molar-refractivity contribution in [3.05, 3.63) is 30.3 Å². The van der Waals surface area contributed by atoms with Gasteiger partial charge in [0.05, 0.1) is 24.9 Å². The van der Waals surface area contributed by atoms with Crippen LogP contribution in [0.15, 0.2) is 30.3 Å². The van der Waals surface area contributed by atoms with Gasteiger partial charge in [-0.3, -0.25) is 0 Å². The first-order valence-electron chi connectivity index (χ1n) is 5.82. The Labute approximate surface area is 105 Å². The molecular formula is C12H17N3O3. The summed E-state index contributed by atoms with van der Waals surface area (Å²) in [5, 5.41) is 14.7. The highest BCUT2D eigenvalue weighted by Gasteiger charge is 2.33. The summed E-state index contributed by atoms with van der Waals surface area (Å²) in [6.07, 6.45) is -1.00. The number of hydrogen-bond donors (Lipinski definition) is 4. The van der Waals surface area contributed by atoms with Crippen molar-refractivity contribution in [3.63, 3.8) is 0 Å². The lowest BCUT2D eigenvalue weighted by Gasteiger charge is -2.16. The number of carbonyl (C=O) groups is 1. The van der Waals surface area contributed by atoms with Crippen molar-refractivity contribution in [2.24, 2.45) is 5.73 Å². The molecule has 18 heavy (non-hydrogen) atoms. The van der Waals surface area contributed by atoms with E-state index in [4.69, 9.17) is 10.5 Å². The van der Waals surface area contributed by atoms with E-state index < -0.39 is 12.1 Å². The van der Waals surface area contributed by atoms with Gasteiger partial charge in [0, 0.05) is 12.2 Å². The van der Waals surface area contributed by atoms with Crippen molar-refractivity contribution < 1.29 is 14.6 Å². The minimum atomic E-state index is -0.658. The second-order valence-corrected chi connectivity index (χ2v) is 4.22. The molecule has 0 spiro atoms. The monoisotopic (exact) mass is 251 g/mol. The zero-order valence-corrected chi connectivity index (χ0v) is 9.87. The van der Waals surface area contributed by atoms with Crippen LogP contribution in [0.25, 0.3) is 0 Å². The zero-order chi connectivity index (χ0) is 13.0. The summed E-state index contributed by atoms with van der Waals surface area (Å²) in [4.78, 5) is 11.6. The van der Waals surface area contributed by atoms with E-state index in [1.807, 2.05) is 18.2 Å². The van der Waals surface area contributed by atoms with Crippen LogP contribution in [0.2, 0.25) is 0 Å². The number of benzene rings is 1. The minimum absolute atomic E-state index is 0.216. The van der Waals surface area contributed by atoms with Crippen molar-refractivity contribution in [2.75, 3.05) is 18.5 Å². The van der Waals surface area contributed by atoms with Gasteiger partial charge in [0.25, 0.3) is 0 Å². The Hall–Kier alpha value is -1.63. The standard InChI is InChI=1S/C12H17N3O3/c13-11-9(16)7-18-10(11)6-14-12(17)15-8-4-2-1-3-5-8/h1-5,9-11,16H,6-7,13H2,(H2,14,15,17). The molecule has 2 amide bonds. The molecule has 0 aromatic heterocycles. The number of ether oxygens (including phenoxy) is 1. The van der Waals surface area contributed by atoms with Crippen molar-refractivity contribution in [1.29, 1.82) is 0 Å². The number of nitrogens with two attached hydrogens (primary N) is 1. The Morgan fingerprint density at radius 3 is 2.78 bits per heavy atom. The van der Waals surface area contributed by atoms with E-state index in [9.17, 15) is 9.90 Å². The molecule has 0 radical (unpaired) electrons. The van der Waals surface area contributed by atoms with Crippen LogP contribution in [0, 0.1) is 0 Å². The predicted molar refractivity (Wildman–Crippen MR) is 67.2 cm³/mol. The van der Waals surface area contributed by atoms with Crippen LogP contribution in [0.4, 0.5) is 10.5 Å². The maximum absolute atomic E-state index is 11.6. The van der Waals surface area contributed by atoms with Crippen molar-refractivity contribution in [3.8, 4) is 0 Å². The lowest BCUT2D eigenvalue weighted by molar-refractivity contribution is 0.0890. The number of anilines is 1. The van der Waals surface area contributed by atoms with E-state index in [2.05, 4.69) is 10.6 Å². The van der Waals surface area contributed by atoms with Gasteiger partial charge in [-0.25, -0.2) is 4.79 Å². The molecule has 1 aromatic rings. The molecule has 6 nitrogen and oxygen atoms in total. The number of urea groups is 1. The lowest BCUT2D eigenvalue weighted by Crippen LogP contribution is -2.45. The molecule has 1 fully saturated rings. The number of rotatable bonds is 3. The van der Waals surface area contributed by atoms with Gasteiger partial charge in [-0.2, -0.15) is 0 Å². The summed E-state index contributed by atoms with van der Waals surface area (Å²) < 4.78 is 5.26. The van der Waals surface area contributed by atoms with Gasteiger partial charge in [0.2, 0.25) is 0 Å². The summed E-state index contributed by atoms with van der Waals surface area (Å²) in [6, 6.07) is 8.35. The molecule has 5 N–H and O–H groups in total. The van der Waals surface area contributed by atoms with Gasteiger partial charge in [-0.1, -0.05) is 18.2 Å². The van der Waals surface area contributed by atoms with Crippen LogP contribution in [-0.2, 0) is 4.74 Å². The Kier molecular flexibility index (Phi) is 4.14. The smallest absolute Gasteiger partial charge is 0.319 e. The average molecular weight is 251 g/mol. The molecule has 3 unspecified atom stereocenters. The molecule has 2 rings (SSSR count).